The van der Waals surface area contributed by atoms with Crippen molar-refractivity contribution < 1.29 is 89.1 Å². The van der Waals surface area contributed by atoms with Crippen LogP contribution in [0.2, 0.25) is 0 Å². The SMILES string of the molecule is CC(=O)C1OC(COCC2C(C(=O)O)OC(O)C(O)C2O)C(O)C(O)C1COCC1OC(C(=O)O)C(O)C(O)C1O. The Morgan fingerprint density at radius 1 is 0.537 bits per heavy atom. The van der Waals surface area contributed by atoms with Crippen molar-refractivity contribution in [3.8, 4) is 0 Å². The summed E-state index contributed by atoms with van der Waals surface area (Å²) in [5, 5.41) is 99.1. The lowest BCUT2D eigenvalue weighted by molar-refractivity contribution is -0.275. The Morgan fingerprint density at radius 3 is 1.46 bits per heavy atom. The van der Waals surface area contributed by atoms with E-state index in [-0.39, 0.29) is 0 Å². The molecule has 15 unspecified atom stereocenters. The summed E-state index contributed by atoms with van der Waals surface area (Å²) in [7, 11) is 0. The quantitative estimate of drug-likeness (QED) is 0.105. The predicted molar refractivity (Wildman–Crippen MR) is 125 cm³/mol. The molecule has 0 aromatic heterocycles. The Labute approximate surface area is 232 Å². The molecule has 18 nitrogen and oxygen atoms in total. The molecule has 0 amide bonds. The van der Waals surface area contributed by atoms with E-state index in [0.717, 1.165) is 6.92 Å². The molecule has 18 heteroatoms. The molecule has 0 spiro atoms. The van der Waals surface area contributed by atoms with Crippen molar-refractivity contribution in [3.63, 3.8) is 0 Å². The Bertz CT molecular complexity index is 917. The normalized spacial score (nSPS) is 45.2. The molecule has 0 aliphatic carbocycles. The summed E-state index contributed by atoms with van der Waals surface area (Å²) >= 11 is 0. The second-order valence-corrected chi connectivity index (χ2v) is 10.3. The number of hydrogen-bond acceptors (Lipinski definition) is 16. The van der Waals surface area contributed by atoms with Gasteiger partial charge in [0.1, 0.15) is 48.8 Å². The van der Waals surface area contributed by atoms with Crippen molar-refractivity contribution in [1.29, 1.82) is 0 Å². The third-order valence-electron chi connectivity index (χ3n) is 7.42. The molecule has 3 rings (SSSR count). The lowest BCUT2D eigenvalue weighted by Gasteiger charge is -2.43. The number of aliphatic hydroxyl groups excluding tert-OH is 8. The maximum Gasteiger partial charge on any atom is 0.335 e. The van der Waals surface area contributed by atoms with Crippen LogP contribution in [0.15, 0.2) is 0 Å². The molecule has 3 aliphatic heterocycles. The molecule has 41 heavy (non-hydrogen) atoms. The average Bonchev–Trinajstić information content (AvgIpc) is 2.91. The first-order chi connectivity index (χ1) is 19.2. The highest BCUT2D eigenvalue weighted by atomic mass is 16.6. The molecule has 0 saturated carbocycles. The van der Waals surface area contributed by atoms with Crippen molar-refractivity contribution >= 4 is 17.7 Å². The summed E-state index contributed by atoms with van der Waals surface area (Å²) in [6, 6.07) is 0. The second kappa shape index (κ2) is 14.0. The first-order valence-corrected chi connectivity index (χ1v) is 12.7. The Balaban J connectivity index is 1.58. The van der Waals surface area contributed by atoms with Crippen LogP contribution in [-0.2, 0) is 38.1 Å². The number of ether oxygens (including phenoxy) is 5. The molecule has 3 saturated heterocycles. The molecule has 0 aromatic rings. The summed E-state index contributed by atoms with van der Waals surface area (Å²) in [4.78, 5) is 35.0. The van der Waals surface area contributed by atoms with Crippen LogP contribution in [0, 0.1) is 11.8 Å². The molecule has 236 valence electrons. The lowest BCUT2D eigenvalue weighted by Crippen LogP contribution is -2.61. The van der Waals surface area contributed by atoms with Gasteiger partial charge in [0, 0.05) is 11.8 Å². The molecule has 3 heterocycles. The number of carboxylic acids is 2. The van der Waals surface area contributed by atoms with Crippen molar-refractivity contribution in [2.45, 2.75) is 86.5 Å². The molecule has 0 bridgehead atoms. The van der Waals surface area contributed by atoms with Crippen LogP contribution >= 0.6 is 0 Å². The zero-order valence-corrected chi connectivity index (χ0v) is 21.7. The summed E-state index contributed by atoms with van der Waals surface area (Å²) in [5.41, 5.74) is 0. The Morgan fingerprint density at radius 2 is 0.976 bits per heavy atom. The summed E-state index contributed by atoms with van der Waals surface area (Å²) in [6.45, 7) is -0.872. The summed E-state index contributed by atoms with van der Waals surface area (Å²) in [5.74, 6) is -6.20. The van der Waals surface area contributed by atoms with Crippen LogP contribution in [0.4, 0.5) is 0 Å². The van der Waals surface area contributed by atoms with Gasteiger partial charge in [-0.15, -0.1) is 0 Å². The number of rotatable bonds is 11. The van der Waals surface area contributed by atoms with Gasteiger partial charge < -0.3 is 74.7 Å². The van der Waals surface area contributed by atoms with Crippen molar-refractivity contribution in [2.75, 3.05) is 26.4 Å². The van der Waals surface area contributed by atoms with E-state index in [9.17, 15) is 60.3 Å². The Kier molecular flexibility index (Phi) is 11.5. The van der Waals surface area contributed by atoms with Crippen molar-refractivity contribution in [2.24, 2.45) is 11.8 Å². The van der Waals surface area contributed by atoms with E-state index in [1.807, 2.05) is 0 Å². The molecule has 15 atom stereocenters. The molecule has 3 aliphatic rings. The van der Waals surface area contributed by atoms with E-state index in [4.69, 9.17) is 28.8 Å². The molecule has 3 fully saturated rings. The first kappa shape index (κ1) is 33.6. The number of carbonyl (C=O) groups excluding carboxylic acids is 1. The third-order valence-corrected chi connectivity index (χ3v) is 7.42. The highest BCUT2D eigenvalue weighted by molar-refractivity contribution is 5.81. The minimum atomic E-state index is -1.94. The zero-order valence-electron chi connectivity index (χ0n) is 21.7. The van der Waals surface area contributed by atoms with Crippen LogP contribution in [-0.4, -0.2) is 175 Å². The fourth-order valence-electron chi connectivity index (χ4n) is 5.04. The topological polar surface area (TPSA) is 300 Å². The van der Waals surface area contributed by atoms with Crippen LogP contribution in [0.3, 0.4) is 0 Å². The molecular weight excluding hydrogens is 564 g/mol. The number of aliphatic carboxylic acids is 2. The number of hydrogen-bond donors (Lipinski definition) is 10. The van der Waals surface area contributed by atoms with Gasteiger partial charge in [0.05, 0.1) is 38.6 Å². The largest absolute Gasteiger partial charge is 0.479 e. The second-order valence-electron chi connectivity index (χ2n) is 10.3. The zero-order chi connectivity index (χ0) is 30.8. The molecular formula is C23H36O18. The maximum atomic E-state index is 12.3. The standard InChI is InChI=1S/C23H36O18/c1-6(24)18-7(2-37-5-10-14(28)15(29)16(30)20(40-10)22(34)35)11(25)13(27)9(39-18)4-38-3-8-12(26)17(31)23(36)41-19(8)21(32)33/h7-20,23,25-31,36H,2-5H2,1H3,(H,32,33)(H,34,35). The van der Waals surface area contributed by atoms with Crippen molar-refractivity contribution in [1.82, 2.24) is 0 Å². The summed E-state index contributed by atoms with van der Waals surface area (Å²) < 4.78 is 26.3. The van der Waals surface area contributed by atoms with Gasteiger partial charge in [0.15, 0.2) is 24.3 Å². The van der Waals surface area contributed by atoms with E-state index in [1.165, 1.54) is 0 Å². The van der Waals surface area contributed by atoms with Crippen LogP contribution in [0.25, 0.3) is 0 Å². The van der Waals surface area contributed by atoms with Gasteiger partial charge in [-0.05, 0) is 6.92 Å². The van der Waals surface area contributed by atoms with E-state index >= 15 is 0 Å². The minimum Gasteiger partial charge on any atom is -0.479 e. The van der Waals surface area contributed by atoms with Gasteiger partial charge >= 0.3 is 11.9 Å². The number of aliphatic hydroxyl groups is 8. The van der Waals surface area contributed by atoms with Gasteiger partial charge in [0.2, 0.25) is 0 Å². The van der Waals surface area contributed by atoms with Gasteiger partial charge in [-0.25, -0.2) is 9.59 Å². The van der Waals surface area contributed by atoms with Crippen LogP contribution in [0.1, 0.15) is 6.92 Å². The predicted octanol–water partition coefficient (Wildman–Crippen LogP) is -6.21. The Hall–Kier alpha value is -1.91. The van der Waals surface area contributed by atoms with E-state index in [0.29, 0.717) is 0 Å². The van der Waals surface area contributed by atoms with Gasteiger partial charge in [0.25, 0.3) is 0 Å². The maximum absolute atomic E-state index is 12.3. The van der Waals surface area contributed by atoms with Crippen LogP contribution in [0.5, 0.6) is 0 Å². The monoisotopic (exact) mass is 600 g/mol. The van der Waals surface area contributed by atoms with Crippen molar-refractivity contribution in [3.05, 3.63) is 0 Å². The fraction of sp³-hybridized carbons (Fsp3) is 0.870. The molecule has 0 radical (unpaired) electrons. The number of Topliss-reactive ketones (excluding diaryl/α,β-unsaturated/α-hetero) is 1. The lowest BCUT2D eigenvalue weighted by atomic mass is 9.85. The van der Waals surface area contributed by atoms with Gasteiger partial charge in [-0.3, -0.25) is 4.79 Å². The molecule has 0 aromatic carbocycles. The number of carboxylic acid groups (broad SMARTS) is 2. The first-order valence-electron chi connectivity index (χ1n) is 12.7. The summed E-state index contributed by atoms with van der Waals surface area (Å²) in [6.07, 6.45) is -21.9. The van der Waals surface area contributed by atoms with Gasteiger partial charge in [-0.2, -0.15) is 0 Å². The van der Waals surface area contributed by atoms with Crippen LogP contribution < -0.4 is 0 Å². The highest BCUT2D eigenvalue weighted by Gasteiger charge is 2.50. The third kappa shape index (κ3) is 7.36. The van der Waals surface area contributed by atoms with Gasteiger partial charge in [-0.1, -0.05) is 0 Å². The number of carbonyl (C=O) groups is 3. The van der Waals surface area contributed by atoms with E-state index in [2.05, 4.69) is 0 Å². The average molecular weight is 601 g/mol. The minimum absolute atomic E-state index is 0.453. The van der Waals surface area contributed by atoms with E-state index < -0.39 is 136 Å². The highest BCUT2D eigenvalue weighted by Crippen LogP contribution is 2.30. The number of ketones is 1. The molecule has 10 N–H and O–H groups in total. The fourth-order valence-corrected chi connectivity index (χ4v) is 5.04. The van der Waals surface area contributed by atoms with E-state index in [1.54, 1.807) is 0 Å². The smallest absolute Gasteiger partial charge is 0.335 e.